The average molecular weight is 337 g/mol. The number of amides is 1. The van der Waals surface area contributed by atoms with Gasteiger partial charge in [-0.2, -0.15) is 0 Å². The van der Waals surface area contributed by atoms with Gasteiger partial charge in [0.2, 0.25) is 0 Å². The van der Waals surface area contributed by atoms with Crippen LogP contribution in [0.2, 0.25) is 5.02 Å². The molecule has 0 saturated carbocycles. The van der Waals surface area contributed by atoms with Gasteiger partial charge >= 0.3 is 5.97 Å². The van der Waals surface area contributed by atoms with E-state index in [-0.39, 0.29) is 5.56 Å². The van der Waals surface area contributed by atoms with E-state index in [0.717, 1.165) is 0 Å². The van der Waals surface area contributed by atoms with Crippen LogP contribution in [0, 0.1) is 0 Å². The molecule has 5 nitrogen and oxygen atoms in total. The van der Waals surface area contributed by atoms with Crippen LogP contribution in [0.25, 0.3) is 0 Å². The van der Waals surface area contributed by atoms with Crippen molar-refractivity contribution in [2.24, 2.45) is 0 Å². The van der Waals surface area contributed by atoms with Crippen molar-refractivity contribution in [3.8, 4) is 0 Å². The van der Waals surface area contributed by atoms with Crippen LogP contribution in [0.4, 0.5) is 0 Å². The van der Waals surface area contributed by atoms with Gasteiger partial charge in [0.25, 0.3) is 5.91 Å². The lowest BCUT2D eigenvalue weighted by Gasteiger charge is -2.17. The molecule has 0 aromatic heterocycles. The third-order valence-electron chi connectivity index (χ3n) is 2.16. The highest BCUT2D eigenvalue weighted by molar-refractivity contribution is 9.10. The van der Waals surface area contributed by atoms with E-state index in [0.29, 0.717) is 9.50 Å². The first-order valence-corrected chi connectivity index (χ1v) is 6.16. The van der Waals surface area contributed by atoms with Crippen LogP contribution in [-0.4, -0.2) is 34.2 Å². The van der Waals surface area contributed by atoms with Crippen LogP contribution in [-0.2, 0) is 4.79 Å². The summed E-state index contributed by atoms with van der Waals surface area (Å²) in [5, 5.41) is 20.7. The molecule has 3 N–H and O–H groups in total. The number of hydrogen-bond acceptors (Lipinski definition) is 3. The number of halogens is 2. The van der Waals surface area contributed by atoms with E-state index in [9.17, 15) is 14.7 Å². The number of carboxylic acids is 1. The maximum absolute atomic E-state index is 11.8. The summed E-state index contributed by atoms with van der Waals surface area (Å²) in [7, 11) is 0. The molecule has 0 aliphatic rings. The van der Waals surface area contributed by atoms with E-state index in [4.69, 9.17) is 16.7 Å². The Kier molecular flexibility index (Phi) is 5.13. The zero-order valence-corrected chi connectivity index (χ0v) is 11.7. The Morgan fingerprint density at radius 1 is 1.39 bits per heavy atom. The minimum atomic E-state index is -1.37. The van der Waals surface area contributed by atoms with Gasteiger partial charge in [-0.05, 0) is 25.1 Å². The van der Waals surface area contributed by atoms with E-state index in [1.807, 2.05) is 0 Å². The highest BCUT2D eigenvalue weighted by Gasteiger charge is 2.25. The Bertz CT molecular complexity index is 458. The molecule has 2 atom stereocenters. The number of nitrogens with one attached hydrogen (secondary N) is 1. The summed E-state index contributed by atoms with van der Waals surface area (Å²) in [5.41, 5.74) is 0.210. The highest BCUT2D eigenvalue weighted by atomic mass is 79.9. The summed E-state index contributed by atoms with van der Waals surface area (Å²) < 4.78 is 0.601. The van der Waals surface area contributed by atoms with Crippen molar-refractivity contribution >= 4 is 39.4 Å². The van der Waals surface area contributed by atoms with Crippen LogP contribution in [0.15, 0.2) is 22.7 Å². The topological polar surface area (TPSA) is 86.6 Å². The van der Waals surface area contributed by atoms with Gasteiger partial charge in [-0.1, -0.05) is 27.5 Å². The normalized spacial score (nSPS) is 13.8. The van der Waals surface area contributed by atoms with E-state index in [2.05, 4.69) is 21.2 Å². The van der Waals surface area contributed by atoms with Crippen molar-refractivity contribution in [2.75, 3.05) is 0 Å². The molecule has 0 fully saturated rings. The second kappa shape index (κ2) is 6.17. The first kappa shape index (κ1) is 14.9. The molecule has 0 spiro atoms. The van der Waals surface area contributed by atoms with Crippen molar-refractivity contribution in [3.05, 3.63) is 33.3 Å². The molecular weight excluding hydrogens is 325 g/mol. The standard InChI is InChI=1S/C11H11BrClNO4/c1-5(15)9(11(17)18)14-10(16)6-2-7(12)4-8(13)3-6/h2-5,9,15H,1H3,(H,14,16)(H,17,18). The van der Waals surface area contributed by atoms with Crippen LogP contribution >= 0.6 is 27.5 Å². The van der Waals surface area contributed by atoms with E-state index >= 15 is 0 Å². The number of carbonyl (C=O) groups is 2. The van der Waals surface area contributed by atoms with Gasteiger partial charge in [-0.3, -0.25) is 4.79 Å². The van der Waals surface area contributed by atoms with Gasteiger partial charge in [-0.15, -0.1) is 0 Å². The van der Waals surface area contributed by atoms with E-state index < -0.39 is 24.0 Å². The first-order chi connectivity index (χ1) is 8.31. The highest BCUT2D eigenvalue weighted by Crippen LogP contribution is 2.19. The SMILES string of the molecule is CC(O)C(NC(=O)c1cc(Cl)cc(Br)c1)C(=O)O. The van der Waals surface area contributed by atoms with E-state index in [1.54, 1.807) is 6.07 Å². The van der Waals surface area contributed by atoms with Crippen LogP contribution in [0.1, 0.15) is 17.3 Å². The van der Waals surface area contributed by atoms with Crippen molar-refractivity contribution in [3.63, 3.8) is 0 Å². The second-order valence-electron chi connectivity index (χ2n) is 3.69. The number of aliphatic hydroxyl groups is 1. The second-order valence-corrected chi connectivity index (χ2v) is 5.04. The Balaban J connectivity index is 2.90. The third kappa shape index (κ3) is 3.97. The van der Waals surface area contributed by atoms with Crippen LogP contribution < -0.4 is 5.32 Å². The van der Waals surface area contributed by atoms with Gasteiger partial charge in [0.1, 0.15) is 0 Å². The summed E-state index contributed by atoms with van der Waals surface area (Å²) in [6, 6.07) is 3.14. The van der Waals surface area contributed by atoms with Gasteiger partial charge in [0.15, 0.2) is 6.04 Å². The number of carbonyl (C=O) groups excluding carboxylic acids is 1. The zero-order chi connectivity index (χ0) is 13.9. The summed E-state index contributed by atoms with van der Waals surface area (Å²) in [5.74, 6) is -1.93. The fourth-order valence-corrected chi connectivity index (χ4v) is 2.16. The number of carboxylic acid groups (broad SMARTS) is 1. The van der Waals surface area contributed by atoms with Crippen molar-refractivity contribution < 1.29 is 19.8 Å². The molecule has 0 bridgehead atoms. The number of aliphatic hydroxyl groups excluding tert-OH is 1. The lowest BCUT2D eigenvalue weighted by atomic mass is 10.1. The lowest BCUT2D eigenvalue weighted by molar-refractivity contribution is -0.141. The maximum atomic E-state index is 11.8. The first-order valence-electron chi connectivity index (χ1n) is 4.99. The molecule has 98 valence electrons. The Hall–Kier alpha value is -1.11. The molecule has 7 heteroatoms. The average Bonchev–Trinajstić information content (AvgIpc) is 2.23. The van der Waals surface area contributed by atoms with Crippen LogP contribution in [0.5, 0.6) is 0 Å². The van der Waals surface area contributed by atoms with Gasteiger partial charge < -0.3 is 15.5 Å². The molecule has 1 rings (SSSR count). The smallest absolute Gasteiger partial charge is 0.328 e. The van der Waals surface area contributed by atoms with E-state index in [1.165, 1.54) is 19.1 Å². The molecule has 0 radical (unpaired) electrons. The molecular formula is C11H11BrClNO4. The Labute approximate surface area is 117 Å². The van der Waals surface area contributed by atoms with Crippen molar-refractivity contribution in [2.45, 2.75) is 19.1 Å². The summed E-state index contributed by atoms with van der Waals surface area (Å²) >= 11 is 8.96. The summed E-state index contributed by atoms with van der Waals surface area (Å²) in [6.45, 7) is 1.28. The fourth-order valence-electron chi connectivity index (χ4n) is 1.30. The molecule has 0 saturated heterocycles. The Morgan fingerprint density at radius 3 is 2.44 bits per heavy atom. The largest absolute Gasteiger partial charge is 0.480 e. The monoisotopic (exact) mass is 335 g/mol. The predicted octanol–water partition coefficient (Wildman–Crippen LogP) is 1.67. The zero-order valence-electron chi connectivity index (χ0n) is 9.35. The minimum absolute atomic E-state index is 0.210. The van der Waals surface area contributed by atoms with Crippen molar-refractivity contribution in [1.82, 2.24) is 5.32 Å². The molecule has 2 unspecified atom stereocenters. The van der Waals surface area contributed by atoms with Gasteiger partial charge in [0, 0.05) is 15.1 Å². The summed E-state index contributed by atoms with van der Waals surface area (Å²) in [6.07, 6.45) is -1.20. The predicted molar refractivity (Wildman–Crippen MR) is 69.7 cm³/mol. The molecule has 0 aliphatic heterocycles. The maximum Gasteiger partial charge on any atom is 0.328 e. The molecule has 0 aliphatic carbocycles. The summed E-state index contributed by atoms with van der Waals surface area (Å²) in [4.78, 5) is 22.6. The molecule has 1 amide bonds. The Morgan fingerprint density at radius 2 is 2.00 bits per heavy atom. The lowest BCUT2D eigenvalue weighted by Crippen LogP contribution is -2.47. The minimum Gasteiger partial charge on any atom is -0.480 e. The quantitative estimate of drug-likeness (QED) is 0.780. The van der Waals surface area contributed by atoms with Crippen molar-refractivity contribution in [1.29, 1.82) is 0 Å². The molecule has 1 aromatic rings. The number of rotatable bonds is 4. The fraction of sp³-hybridized carbons (Fsp3) is 0.273. The molecule has 18 heavy (non-hydrogen) atoms. The van der Waals surface area contributed by atoms with Crippen LogP contribution in [0.3, 0.4) is 0 Å². The number of aliphatic carboxylic acids is 1. The number of hydrogen-bond donors (Lipinski definition) is 3. The molecule has 1 aromatic carbocycles. The van der Waals surface area contributed by atoms with Gasteiger partial charge in [0.05, 0.1) is 6.10 Å². The molecule has 0 heterocycles. The number of benzene rings is 1. The third-order valence-corrected chi connectivity index (χ3v) is 2.84. The van der Waals surface area contributed by atoms with Gasteiger partial charge in [-0.25, -0.2) is 4.79 Å².